The average molecular weight is 334 g/mol. The van der Waals surface area contributed by atoms with Gasteiger partial charge in [0.05, 0.1) is 0 Å². The number of likely N-dealkylation sites (tertiary alicyclic amines) is 1. The van der Waals surface area contributed by atoms with Gasteiger partial charge in [0.25, 0.3) is 0 Å². The zero-order valence-electron chi connectivity index (χ0n) is 14.3. The fourth-order valence-corrected chi connectivity index (χ4v) is 4.15. The quantitative estimate of drug-likeness (QED) is 0.913. The lowest BCUT2D eigenvalue weighted by Crippen LogP contribution is -2.46. The van der Waals surface area contributed by atoms with Crippen LogP contribution in [0.5, 0.6) is 0 Å². The monoisotopic (exact) mass is 334 g/mol. The number of amides is 2. The van der Waals surface area contributed by atoms with Crippen molar-refractivity contribution < 1.29 is 14.1 Å². The van der Waals surface area contributed by atoms with Gasteiger partial charge in [-0.25, -0.2) is 4.79 Å². The maximum Gasteiger partial charge on any atom is 0.317 e. The van der Waals surface area contributed by atoms with Gasteiger partial charge in [0.15, 0.2) is 5.82 Å². The van der Waals surface area contributed by atoms with Gasteiger partial charge in [-0.05, 0) is 43.4 Å². The smallest absolute Gasteiger partial charge is 0.317 e. The number of rotatable bonds is 3. The highest BCUT2D eigenvalue weighted by Crippen LogP contribution is 2.53. The van der Waals surface area contributed by atoms with Gasteiger partial charge in [0.2, 0.25) is 5.89 Å². The number of aryl methyl sites for hydroxylation is 1. The summed E-state index contributed by atoms with van der Waals surface area (Å²) in [7, 11) is 0. The van der Waals surface area contributed by atoms with Crippen molar-refractivity contribution in [1.29, 1.82) is 0 Å². The van der Waals surface area contributed by atoms with Crippen LogP contribution in [0.3, 0.4) is 0 Å². The highest BCUT2D eigenvalue weighted by molar-refractivity contribution is 5.75. The van der Waals surface area contributed by atoms with Gasteiger partial charge in [-0.2, -0.15) is 4.98 Å². The second-order valence-electron chi connectivity index (χ2n) is 7.55. The van der Waals surface area contributed by atoms with E-state index < -0.39 is 0 Å². The number of hydrogen-bond donors (Lipinski definition) is 1. The molecule has 132 valence electrons. The normalized spacial score (nSPS) is 26.5. The summed E-state index contributed by atoms with van der Waals surface area (Å²) in [4.78, 5) is 18.7. The van der Waals surface area contributed by atoms with Crippen molar-refractivity contribution in [2.24, 2.45) is 11.3 Å². The third-order valence-electron chi connectivity index (χ3n) is 5.92. The zero-order valence-corrected chi connectivity index (χ0v) is 14.3. The second-order valence-corrected chi connectivity index (χ2v) is 7.55. The van der Waals surface area contributed by atoms with Gasteiger partial charge >= 0.3 is 6.03 Å². The number of piperidine rings is 1. The summed E-state index contributed by atoms with van der Waals surface area (Å²) in [5.41, 5.74) is 0.336. The molecule has 7 nitrogen and oxygen atoms in total. The van der Waals surface area contributed by atoms with E-state index in [9.17, 15) is 4.79 Å². The fourth-order valence-electron chi connectivity index (χ4n) is 4.15. The first-order valence-corrected chi connectivity index (χ1v) is 9.07. The van der Waals surface area contributed by atoms with Gasteiger partial charge in [0, 0.05) is 45.7 Å². The van der Waals surface area contributed by atoms with Crippen LogP contribution in [0.25, 0.3) is 0 Å². The molecule has 0 aromatic carbocycles. The molecule has 7 heteroatoms. The summed E-state index contributed by atoms with van der Waals surface area (Å²) in [6.45, 7) is 5.12. The molecule has 1 saturated carbocycles. The van der Waals surface area contributed by atoms with Crippen LogP contribution in [0.15, 0.2) is 4.52 Å². The van der Waals surface area contributed by atoms with Crippen molar-refractivity contribution in [3.8, 4) is 0 Å². The minimum absolute atomic E-state index is 0.109. The minimum Gasteiger partial charge on any atom is -0.381 e. The maximum absolute atomic E-state index is 12.5. The Morgan fingerprint density at radius 3 is 2.75 bits per heavy atom. The lowest BCUT2D eigenvalue weighted by atomic mass is 9.93. The van der Waals surface area contributed by atoms with E-state index in [4.69, 9.17) is 9.26 Å². The van der Waals surface area contributed by atoms with Crippen molar-refractivity contribution in [2.45, 2.75) is 51.5 Å². The summed E-state index contributed by atoms with van der Waals surface area (Å²) in [5.74, 6) is 1.94. The van der Waals surface area contributed by atoms with Crippen molar-refractivity contribution in [1.82, 2.24) is 20.4 Å². The fraction of sp³-hybridized carbons (Fsp3) is 0.824. The Morgan fingerprint density at radius 1 is 1.33 bits per heavy atom. The Balaban J connectivity index is 1.22. The number of carbonyl (C=O) groups excluding carboxylic acids is 1. The molecule has 3 aliphatic rings. The summed E-state index contributed by atoms with van der Waals surface area (Å²) in [6.07, 6.45) is 6.15. The van der Waals surface area contributed by atoms with Crippen molar-refractivity contribution in [3.63, 3.8) is 0 Å². The molecule has 0 bridgehead atoms. The standard InChI is InChI=1S/C17H26N4O3/c1-12-18-15(20-24-12)10-13-2-6-21(7-3-13)16(22)19-14-11-17(14)4-8-23-9-5-17/h13-14H,2-11H2,1H3,(H,19,22). The molecule has 2 amide bonds. The number of ether oxygens (including phenoxy) is 1. The SMILES string of the molecule is Cc1nc(CC2CCN(C(=O)NC3CC34CCOCC4)CC2)no1. The van der Waals surface area contributed by atoms with Gasteiger partial charge in [-0.1, -0.05) is 5.16 Å². The largest absolute Gasteiger partial charge is 0.381 e. The van der Waals surface area contributed by atoms with Crippen molar-refractivity contribution in [2.75, 3.05) is 26.3 Å². The molecule has 1 aromatic heterocycles. The summed E-state index contributed by atoms with van der Waals surface area (Å²) < 4.78 is 10.5. The summed E-state index contributed by atoms with van der Waals surface area (Å²) in [5, 5.41) is 7.21. The van der Waals surface area contributed by atoms with Crippen LogP contribution in [-0.2, 0) is 11.2 Å². The molecule has 4 rings (SSSR count). The van der Waals surface area contributed by atoms with E-state index in [0.717, 1.165) is 70.7 Å². The Bertz CT molecular complexity index is 588. The topological polar surface area (TPSA) is 80.5 Å². The lowest BCUT2D eigenvalue weighted by Gasteiger charge is -2.32. The number of hydrogen-bond acceptors (Lipinski definition) is 5. The maximum atomic E-state index is 12.5. The molecule has 2 saturated heterocycles. The highest BCUT2D eigenvalue weighted by Gasteiger charge is 2.55. The average Bonchev–Trinajstić information content (AvgIpc) is 3.05. The summed E-state index contributed by atoms with van der Waals surface area (Å²) in [6, 6.07) is 0.464. The molecule has 1 N–H and O–H groups in total. The van der Waals surface area contributed by atoms with Crippen LogP contribution in [0.4, 0.5) is 4.79 Å². The molecule has 1 aromatic rings. The third-order valence-corrected chi connectivity index (χ3v) is 5.92. The van der Waals surface area contributed by atoms with Gasteiger partial charge in [0.1, 0.15) is 0 Å². The molecular formula is C17H26N4O3. The third kappa shape index (κ3) is 3.27. The first-order valence-electron chi connectivity index (χ1n) is 9.07. The van der Waals surface area contributed by atoms with E-state index in [2.05, 4.69) is 15.5 Å². The molecule has 3 heterocycles. The molecule has 1 aliphatic carbocycles. The number of urea groups is 1. The Kier molecular flexibility index (Phi) is 4.20. The van der Waals surface area contributed by atoms with Crippen LogP contribution in [0.2, 0.25) is 0 Å². The van der Waals surface area contributed by atoms with E-state index in [0.29, 0.717) is 23.3 Å². The predicted molar refractivity (Wildman–Crippen MR) is 86.5 cm³/mol. The second kappa shape index (κ2) is 6.35. The van der Waals surface area contributed by atoms with Gasteiger partial charge in [-0.15, -0.1) is 0 Å². The molecular weight excluding hydrogens is 308 g/mol. The number of aromatic nitrogens is 2. The first-order chi connectivity index (χ1) is 11.6. The zero-order chi connectivity index (χ0) is 16.6. The van der Waals surface area contributed by atoms with Crippen LogP contribution in [0, 0.1) is 18.3 Å². The molecule has 24 heavy (non-hydrogen) atoms. The first kappa shape index (κ1) is 15.9. The minimum atomic E-state index is 0.109. The summed E-state index contributed by atoms with van der Waals surface area (Å²) >= 11 is 0. The number of nitrogens with zero attached hydrogens (tertiary/aromatic N) is 3. The van der Waals surface area contributed by atoms with Crippen LogP contribution in [-0.4, -0.2) is 53.4 Å². The molecule has 1 atom stereocenters. The van der Waals surface area contributed by atoms with E-state index in [-0.39, 0.29) is 6.03 Å². The van der Waals surface area contributed by atoms with E-state index in [1.165, 1.54) is 0 Å². The molecule has 3 fully saturated rings. The highest BCUT2D eigenvalue weighted by atomic mass is 16.5. The van der Waals surface area contributed by atoms with E-state index >= 15 is 0 Å². The van der Waals surface area contributed by atoms with Crippen molar-refractivity contribution in [3.05, 3.63) is 11.7 Å². The van der Waals surface area contributed by atoms with E-state index in [1.807, 2.05) is 11.8 Å². The Hall–Kier alpha value is -1.63. The van der Waals surface area contributed by atoms with Crippen molar-refractivity contribution >= 4 is 6.03 Å². The number of carbonyl (C=O) groups is 1. The van der Waals surface area contributed by atoms with Gasteiger partial charge < -0.3 is 19.5 Å². The Morgan fingerprint density at radius 2 is 2.08 bits per heavy atom. The molecule has 1 unspecified atom stereocenters. The van der Waals surface area contributed by atoms with Crippen LogP contribution >= 0.6 is 0 Å². The molecule has 2 aliphatic heterocycles. The predicted octanol–water partition coefficient (Wildman–Crippen LogP) is 1.91. The van der Waals surface area contributed by atoms with Crippen LogP contribution < -0.4 is 5.32 Å². The van der Waals surface area contributed by atoms with E-state index in [1.54, 1.807) is 0 Å². The molecule has 0 radical (unpaired) electrons. The Labute approximate surface area is 142 Å². The number of nitrogens with one attached hydrogen (secondary N) is 1. The lowest BCUT2D eigenvalue weighted by molar-refractivity contribution is 0.0543. The van der Waals surface area contributed by atoms with Gasteiger partial charge in [-0.3, -0.25) is 0 Å². The molecule has 1 spiro atoms. The van der Waals surface area contributed by atoms with Crippen LogP contribution in [0.1, 0.15) is 43.8 Å².